The lowest BCUT2D eigenvalue weighted by Crippen LogP contribution is -2.37. The highest BCUT2D eigenvalue weighted by Crippen LogP contribution is 2.15. The van der Waals surface area contributed by atoms with Crippen molar-refractivity contribution in [3.05, 3.63) is 47.4 Å². The van der Waals surface area contributed by atoms with E-state index in [1.54, 1.807) is 11.1 Å². The molecule has 1 aliphatic rings. The number of nitrogens with zero attached hydrogens (tertiary/aromatic N) is 4. The number of aromatic nitrogens is 2. The topological polar surface area (TPSA) is 122 Å². The van der Waals surface area contributed by atoms with Crippen LogP contribution in [0.4, 0.5) is 5.82 Å². The van der Waals surface area contributed by atoms with Gasteiger partial charge >= 0.3 is 0 Å². The van der Waals surface area contributed by atoms with E-state index in [2.05, 4.69) is 14.9 Å². The molecule has 0 aromatic carbocycles. The molecule has 0 aliphatic carbocycles. The monoisotopic (exact) mass is 340 g/mol. The van der Waals surface area contributed by atoms with Gasteiger partial charge in [-0.25, -0.2) is 4.98 Å². The number of aliphatic hydroxyl groups is 1. The summed E-state index contributed by atoms with van der Waals surface area (Å²) >= 11 is 0. The van der Waals surface area contributed by atoms with Crippen molar-refractivity contribution in [2.24, 2.45) is 0 Å². The second-order valence-corrected chi connectivity index (χ2v) is 6.10. The number of nitrogen functional groups attached to an aromatic ring is 1. The lowest BCUT2D eigenvalue weighted by Gasteiger charge is -2.21. The van der Waals surface area contributed by atoms with Crippen LogP contribution in [0.5, 0.6) is 0 Å². The molecular weight excluding hydrogens is 320 g/mol. The summed E-state index contributed by atoms with van der Waals surface area (Å²) in [5, 5.41) is 19.2. The summed E-state index contributed by atoms with van der Waals surface area (Å²) in [6.45, 7) is 2.37. The molecule has 4 N–H and O–H groups in total. The van der Waals surface area contributed by atoms with Gasteiger partial charge in [0.1, 0.15) is 17.6 Å². The molecular formula is C17H20N6O2. The van der Waals surface area contributed by atoms with E-state index in [1.807, 2.05) is 18.2 Å². The molecule has 1 unspecified atom stereocenters. The average Bonchev–Trinajstić information content (AvgIpc) is 3.01. The third-order valence-corrected chi connectivity index (χ3v) is 4.24. The molecule has 0 bridgehead atoms. The summed E-state index contributed by atoms with van der Waals surface area (Å²) in [6.07, 6.45) is 2.48. The summed E-state index contributed by atoms with van der Waals surface area (Å²) in [5.74, 6) is 0.257. The van der Waals surface area contributed by atoms with E-state index in [1.165, 1.54) is 12.3 Å². The Morgan fingerprint density at radius 3 is 3.04 bits per heavy atom. The van der Waals surface area contributed by atoms with Crippen molar-refractivity contribution in [2.45, 2.75) is 12.6 Å². The number of rotatable bonds is 3. The Labute approximate surface area is 145 Å². The Morgan fingerprint density at radius 2 is 2.32 bits per heavy atom. The van der Waals surface area contributed by atoms with Crippen LogP contribution in [0.1, 0.15) is 21.6 Å². The van der Waals surface area contributed by atoms with E-state index in [0.717, 1.165) is 5.56 Å². The standard InChI is InChI=1S/C17H20N6O2/c18-7-12-6-15(21-8-12)17(25)23-5-4-22(10-14(24)11-23)9-13-2-1-3-20-16(13)19/h1-3,6,8,14,21,24H,4-5,9-11H2,(H2,19,20). The Kier molecular flexibility index (Phi) is 4.97. The van der Waals surface area contributed by atoms with Crippen molar-refractivity contribution in [2.75, 3.05) is 31.9 Å². The number of aliphatic hydroxyl groups excluding tert-OH is 1. The van der Waals surface area contributed by atoms with Gasteiger partial charge in [-0.2, -0.15) is 5.26 Å². The molecule has 3 heterocycles. The van der Waals surface area contributed by atoms with Crippen molar-refractivity contribution < 1.29 is 9.90 Å². The second-order valence-electron chi connectivity index (χ2n) is 6.10. The molecule has 25 heavy (non-hydrogen) atoms. The van der Waals surface area contributed by atoms with Crippen LogP contribution in [0, 0.1) is 11.3 Å². The number of hydrogen-bond acceptors (Lipinski definition) is 6. The maximum Gasteiger partial charge on any atom is 0.270 e. The SMILES string of the molecule is N#Cc1c[nH]c(C(=O)N2CCN(Cc3cccnc3N)CC(O)C2)c1. The van der Waals surface area contributed by atoms with Crippen molar-refractivity contribution >= 4 is 11.7 Å². The lowest BCUT2D eigenvalue weighted by atomic mass is 10.2. The molecule has 8 heteroatoms. The molecule has 2 aromatic heterocycles. The van der Waals surface area contributed by atoms with Crippen molar-refractivity contribution in [3.8, 4) is 6.07 Å². The summed E-state index contributed by atoms with van der Waals surface area (Å²) in [5.41, 5.74) is 7.55. The number of H-pyrrole nitrogens is 1. The Morgan fingerprint density at radius 1 is 1.48 bits per heavy atom. The maximum absolute atomic E-state index is 12.6. The van der Waals surface area contributed by atoms with Crippen molar-refractivity contribution in [1.82, 2.24) is 19.8 Å². The number of pyridine rings is 1. The fourth-order valence-electron chi connectivity index (χ4n) is 2.96. The Hall–Kier alpha value is -2.89. The Bertz CT molecular complexity index is 796. The zero-order chi connectivity index (χ0) is 17.8. The van der Waals surface area contributed by atoms with Crippen molar-refractivity contribution in [1.29, 1.82) is 5.26 Å². The van der Waals surface area contributed by atoms with Gasteiger partial charge in [0.25, 0.3) is 5.91 Å². The predicted molar refractivity (Wildman–Crippen MR) is 91.3 cm³/mol. The third-order valence-electron chi connectivity index (χ3n) is 4.24. The predicted octanol–water partition coefficient (Wildman–Crippen LogP) is 0.182. The first-order chi connectivity index (χ1) is 12.1. The summed E-state index contributed by atoms with van der Waals surface area (Å²) in [7, 11) is 0. The van der Waals surface area contributed by atoms with Crippen molar-refractivity contribution in [3.63, 3.8) is 0 Å². The minimum atomic E-state index is -0.658. The number of anilines is 1. The summed E-state index contributed by atoms with van der Waals surface area (Å²) in [6, 6.07) is 7.24. The summed E-state index contributed by atoms with van der Waals surface area (Å²) in [4.78, 5) is 23.1. The molecule has 0 radical (unpaired) electrons. The fraction of sp³-hybridized carbons (Fsp3) is 0.353. The number of hydrogen-bond donors (Lipinski definition) is 3. The van der Waals surface area contributed by atoms with E-state index >= 15 is 0 Å². The average molecular weight is 340 g/mol. The van der Waals surface area contributed by atoms with Gasteiger partial charge in [0.15, 0.2) is 0 Å². The molecule has 1 amide bonds. The van der Waals surface area contributed by atoms with Gasteiger partial charge < -0.3 is 20.7 Å². The van der Waals surface area contributed by atoms with Crippen LogP contribution in [0.2, 0.25) is 0 Å². The largest absolute Gasteiger partial charge is 0.390 e. The Balaban J connectivity index is 1.67. The van der Waals surface area contributed by atoms with Crippen LogP contribution in [-0.4, -0.2) is 63.1 Å². The molecule has 3 rings (SSSR count). The zero-order valence-electron chi connectivity index (χ0n) is 13.7. The van der Waals surface area contributed by atoms with E-state index in [-0.39, 0.29) is 12.5 Å². The number of amides is 1. The number of β-amino-alcohol motifs (C(OH)–C–C–N with tert-alkyl or cyclic N) is 1. The maximum atomic E-state index is 12.6. The van der Waals surface area contributed by atoms with Crippen LogP contribution in [0.3, 0.4) is 0 Å². The zero-order valence-corrected chi connectivity index (χ0v) is 13.7. The lowest BCUT2D eigenvalue weighted by molar-refractivity contribution is 0.0658. The quantitative estimate of drug-likeness (QED) is 0.733. The minimum Gasteiger partial charge on any atom is -0.390 e. The van der Waals surface area contributed by atoms with E-state index in [0.29, 0.717) is 43.3 Å². The third kappa shape index (κ3) is 3.96. The highest BCUT2D eigenvalue weighted by Gasteiger charge is 2.26. The van der Waals surface area contributed by atoms with E-state index in [9.17, 15) is 9.90 Å². The van der Waals surface area contributed by atoms with Crippen LogP contribution < -0.4 is 5.73 Å². The summed E-state index contributed by atoms with van der Waals surface area (Å²) < 4.78 is 0. The first-order valence-corrected chi connectivity index (χ1v) is 8.04. The van der Waals surface area contributed by atoms with Crippen LogP contribution >= 0.6 is 0 Å². The van der Waals surface area contributed by atoms with Gasteiger partial charge in [-0.15, -0.1) is 0 Å². The molecule has 1 atom stereocenters. The molecule has 130 valence electrons. The smallest absolute Gasteiger partial charge is 0.270 e. The minimum absolute atomic E-state index is 0.219. The van der Waals surface area contributed by atoms with Gasteiger partial charge in [0, 0.05) is 50.7 Å². The van der Waals surface area contributed by atoms with Crippen LogP contribution in [-0.2, 0) is 6.54 Å². The van der Waals surface area contributed by atoms with E-state index < -0.39 is 6.10 Å². The van der Waals surface area contributed by atoms with Gasteiger partial charge in [-0.05, 0) is 12.1 Å². The normalized spacial score (nSPS) is 18.6. The van der Waals surface area contributed by atoms with Gasteiger partial charge in [0.2, 0.25) is 0 Å². The highest BCUT2D eigenvalue weighted by molar-refractivity contribution is 5.93. The molecule has 0 saturated carbocycles. The molecule has 0 spiro atoms. The first-order valence-electron chi connectivity index (χ1n) is 8.04. The number of carbonyl (C=O) groups excluding carboxylic acids is 1. The number of aromatic amines is 1. The first kappa shape index (κ1) is 17.0. The molecule has 1 aliphatic heterocycles. The number of nitrogens with two attached hydrogens (primary N) is 1. The molecule has 1 saturated heterocycles. The fourth-order valence-corrected chi connectivity index (χ4v) is 2.96. The van der Waals surface area contributed by atoms with Crippen LogP contribution in [0.25, 0.3) is 0 Å². The number of nitriles is 1. The molecule has 8 nitrogen and oxygen atoms in total. The molecule has 2 aromatic rings. The van der Waals surface area contributed by atoms with Gasteiger partial charge in [-0.1, -0.05) is 6.07 Å². The highest BCUT2D eigenvalue weighted by atomic mass is 16.3. The molecule has 1 fully saturated rings. The number of nitrogens with one attached hydrogen (secondary N) is 1. The van der Waals surface area contributed by atoms with Crippen LogP contribution in [0.15, 0.2) is 30.6 Å². The second kappa shape index (κ2) is 7.34. The van der Waals surface area contributed by atoms with Gasteiger partial charge in [-0.3, -0.25) is 9.69 Å². The van der Waals surface area contributed by atoms with Gasteiger partial charge in [0.05, 0.1) is 11.7 Å². The number of carbonyl (C=O) groups is 1. The van der Waals surface area contributed by atoms with E-state index in [4.69, 9.17) is 11.0 Å².